The molecule has 0 fully saturated rings. The molecule has 2 nitrogen and oxygen atoms in total. The Hall–Kier alpha value is -1.14. The maximum absolute atomic E-state index is 13.3. The van der Waals surface area contributed by atoms with E-state index >= 15 is 0 Å². The highest BCUT2D eigenvalue weighted by Gasteiger charge is 2.19. The lowest BCUT2D eigenvalue weighted by Crippen LogP contribution is -2.19. The number of nitrogens with one attached hydrogen (secondary N) is 1. The summed E-state index contributed by atoms with van der Waals surface area (Å²) < 4.78 is 19.6. The third-order valence-electron chi connectivity index (χ3n) is 3.26. The number of hydrogen-bond acceptors (Lipinski definition) is 2. The molecule has 0 aliphatic carbocycles. The zero-order valence-corrected chi connectivity index (χ0v) is 13.9. The van der Waals surface area contributed by atoms with Gasteiger partial charge in [-0.2, -0.15) is 0 Å². The van der Waals surface area contributed by atoms with Gasteiger partial charge in [0.1, 0.15) is 11.6 Å². The van der Waals surface area contributed by atoms with Crippen LogP contribution < -0.4 is 10.1 Å². The normalized spacial score (nSPS) is 12.2. The number of halogens is 2. The van der Waals surface area contributed by atoms with Gasteiger partial charge in [0.2, 0.25) is 0 Å². The molecule has 0 saturated carbocycles. The molecule has 0 aromatic heterocycles. The molecule has 1 atom stereocenters. The van der Waals surface area contributed by atoms with Crippen LogP contribution in [0.4, 0.5) is 4.39 Å². The fourth-order valence-corrected chi connectivity index (χ4v) is 3.08. The minimum atomic E-state index is -0.218. The van der Waals surface area contributed by atoms with Gasteiger partial charge in [-0.05, 0) is 60.3 Å². The highest BCUT2D eigenvalue weighted by atomic mass is 127. The van der Waals surface area contributed by atoms with Crippen LogP contribution >= 0.6 is 22.6 Å². The van der Waals surface area contributed by atoms with Crippen molar-refractivity contribution in [3.05, 3.63) is 62.5 Å². The van der Waals surface area contributed by atoms with E-state index in [0.29, 0.717) is 0 Å². The minimum Gasteiger partial charge on any atom is -0.496 e. The van der Waals surface area contributed by atoms with E-state index in [1.54, 1.807) is 13.2 Å². The van der Waals surface area contributed by atoms with Crippen molar-refractivity contribution in [1.82, 2.24) is 5.32 Å². The Bertz CT molecular complexity index is 615. The average Bonchev–Trinajstić information content (AvgIpc) is 2.42. The Morgan fingerprint density at radius 2 is 1.90 bits per heavy atom. The molecule has 1 unspecified atom stereocenters. The second-order valence-corrected chi connectivity index (χ2v) is 5.80. The zero-order chi connectivity index (χ0) is 14.7. The summed E-state index contributed by atoms with van der Waals surface area (Å²) in [5.74, 6) is 0.610. The van der Waals surface area contributed by atoms with E-state index in [2.05, 4.69) is 34.0 Å². The van der Waals surface area contributed by atoms with Crippen LogP contribution in [-0.4, -0.2) is 14.2 Å². The van der Waals surface area contributed by atoms with Crippen LogP contribution in [0.5, 0.6) is 5.75 Å². The molecule has 2 rings (SSSR count). The van der Waals surface area contributed by atoms with Crippen molar-refractivity contribution >= 4 is 22.6 Å². The molecule has 4 heteroatoms. The molecule has 0 heterocycles. The quantitative estimate of drug-likeness (QED) is 0.802. The number of rotatable bonds is 4. The summed E-state index contributed by atoms with van der Waals surface area (Å²) in [4.78, 5) is 0. The van der Waals surface area contributed by atoms with Gasteiger partial charge in [-0.3, -0.25) is 0 Å². The number of ether oxygens (including phenoxy) is 1. The number of hydrogen-bond donors (Lipinski definition) is 1. The molecule has 106 valence electrons. The molecule has 0 saturated heterocycles. The lowest BCUT2D eigenvalue weighted by molar-refractivity contribution is 0.405. The van der Waals surface area contributed by atoms with Crippen molar-refractivity contribution in [2.75, 3.05) is 14.2 Å². The van der Waals surface area contributed by atoms with Crippen LogP contribution in [0.25, 0.3) is 0 Å². The van der Waals surface area contributed by atoms with Crippen LogP contribution in [0, 0.1) is 16.3 Å². The summed E-state index contributed by atoms with van der Waals surface area (Å²) >= 11 is 2.16. The van der Waals surface area contributed by atoms with Crippen molar-refractivity contribution in [2.45, 2.75) is 13.0 Å². The number of benzene rings is 2. The first-order valence-electron chi connectivity index (χ1n) is 6.33. The first-order valence-corrected chi connectivity index (χ1v) is 7.41. The van der Waals surface area contributed by atoms with Crippen molar-refractivity contribution in [2.24, 2.45) is 0 Å². The molecule has 0 aliphatic heterocycles. The van der Waals surface area contributed by atoms with Crippen molar-refractivity contribution in [1.29, 1.82) is 0 Å². The van der Waals surface area contributed by atoms with Gasteiger partial charge in [0.05, 0.1) is 13.2 Å². The van der Waals surface area contributed by atoms with Gasteiger partial charge in [0.15, 0.2) is 0 Å². The molecular formula is C16H17FINO. The van der Waals surface area contributed by atoms with Crippen LogP contribution in [0.1, 0.15) is 22.7 Å². The maximum Gasteiger partial charge on any atom is 0.124 e. The SMILES string of the molecule is CNC(c1ccc(F)cc1I)c1cc(C)ccc1OC. The summed E-state index contributed by atoms with van der Waals surface area (Å²) in [6.45, 7) is 2.05. The van der Waals surface area contributed by atoms with Crippen molar-refractivity contribution in [3.63, 3.8) is 0 Å². The van der Waals surface area contributed by atoms with E-state index in [1.165, 1.54) is 6.07 Å². The topological polar surface area (TPSA) is 21.3 Å². The second-order valence-electron chi connectivity index (χ2n) is 4.63. The first-order chi connectivity index (χ1) is 9.56. The average molecular weight is 385 g/mol. The largest absolute Gasteiger partial charge is 0.496 e. The summed E-state index contributed by atoms with van der Waals surface area (Å²) in [6.07, 6.45) is 0. The van der Waals surface area contributed by atoms with Gasteiger partial charge in [-0.25, -0.2) is 4.39 Å². The molecule has 20 heavy (non-hydrogen) atoms. The Morgan fingerprint density at radius 3 is 2.50 bits per heavy atom. The van der Waals surface area contributed by atoms with Gasteiger partial charge in [-0.15, -0.1) is 0 Å². The highest BCUT2D eigenvalue weighted by Crippen LogP contribution is 2.33. The maximum atomic E-state index is 13.3. The third-order valence-corrected chi connectivity index (χ3v) is 4.19. The first kappa shape index (κ1) is 15.3. The fourth-order valence-electron chi connectivity index (χ4n) is 2.29. The molecule has 2 aromatic rings. The molecular weight excluding hydrogens is 368 g/mol. The van der Waals surface area contributed by atoms with Crippen LogP contribution in [-0.2, 0) is 0 Å². The summed E-state index contributed by atoms with van der Waals surface area (Å²) in [5.41, 5.74) is 3.26. The molecule has 0 radical (unpaired) electrons. The highest BCUT2D eigenvalue weighted by molar-refractivity contribution is 14.1. The lowest BCUT2D eigenvalue weighted by atomic mass is 9.96. The number of methoxy groups -OCH3 is 1. The second kappa shape index (κ2) is 6.54. The van der Waals surface area contributed by atoms with Crippen molar-refractivity contribution in [3.8, 4) is 5.75 Å². The van der Waals surface area contributed by atoms with Gasteiger partial charge in [0.25, 0.3) is 0 Å². The predicted molar refractivity (Wildman–Crippen MR) is 87.8 cm³/mol. The van der Waals surface area contributed by atoms with Gasteiger partial charge < -0.3 is 10.1 Å². The Kier molecular flexibility index (Phi) is 4.99. The van der Waals surface area contributed by atoms with E-state index in [1.807, 2.05) is 32.2 Å². The third kappa shape index (κ3) is 3.12. The van der Waals surface area contributed by atoms with Gasteiger partial charge in [0, 0.05) is 9.13 Å². The zero-order valence-electron chi connectivity index (χ0n) is 11.7. The van der Waals surface area contributed by atoms with Gasteiger partial charge >= 0.3 is 0 Å². The van der Waals surface area contributed by atoms with Gasteiger partial charge in [-0.1, -0.05) is 23.8 Å². The summed E-state index contributed by atoms with van der Waals surface area (Å²) in [6, 6.07) is 10.9. The molecule has 0 aliphatic rings. The van der Waals surface area contributed by atoms with E-state index in [9.17, 15) is 4.39 Å². The fraction of sp³-hybridized carbons (Fsp3) is 0.250. The van der Waals surface area contributed by atoms with E-state index in [4.69, 9.17) is 4.74 Å². The Balaban J connectivity index is 2.54. The Morgan fingerprint density at radius 1 is 1.15 bits per heavy atom. The van der Waals surface area contributed by atoms with E-state index < -0.39 is 0 Å². The molecule has 1 N–H and O–H groups in total. The standard InChI is InChI=1S/C16H17FINO/c1-10-4-7-15(20-3)13(8-10)16(19-2)12-6-5-11(17)9-14(12)18/h4-9,16,19H,1-3H3. The lowest BCUT2D eigenvalue weighted by Gasteiger charge is -2.21. The van der Waals surface area contributed by atoms with E-state index in [0.717, 1.165) is 26.0 Å². The van der Waals surface area contributed by atoms with Crippen LogP contribution in [0.2, 0.25) is 0 Å². The minimum absolute atomic E-state index is 0.0302. The van der Waals surface area contributed by atoms with Crippen LogP contribution in [0.15, 0.2) is 36.4 Å². The summed E-state index contributed by atoms with van der Waals surface area (Å²) in [7, 11) is 3.56. The van der Waals surface area contributed by atoms with E-state index in [-0.39, 0.29) is 11.9 Å². The molecule has 0 spiro atoms. The smallest absolute Gasteiger partial charge is 0.124 e. The number of aryl methyl sites for hydroxylation is 1. The Labute approximate surface area is 132 Å². The summed E-state index contributed by atoms with van der Waals surface area (Å²) in [5, 5.41) is 3.29. The van der Waals surface area contributed by atoms with Crippen molar-refractivity contribution < 1.29 is 9.13 Å². The molecule has 0 bridgehead atoms. The molecule has 2 aromatic carbocycles. The monoisotopic (exact) mass is 385 g/mol. The van der Waals surface area contributed by atoms with Crippen LogP contribution in [0.3, 0.4) is 0 Å². The molecule has 0 amide bonds. The predicted octanol–water partition coefficient (Wildman–Crippen LogP) is 4.06.